The summed E-state index contributed by atoms with van der Waals surface area (Å²) in [5.41, 5.74) is 1.69. The van der Waals surface area contributed by atoms with Crippen LogP contribution in [0.5, 0.6) is 0 Å². The molecule has 0 bridgehead atoms. The van der Waals surface area contributed by atoms with Crippen LogP contribution in [0.4, 0.5) is 14.5 Å². The van der Waals surface area contributed by atoms with E-state index in [4.69, 9.17) is 5.14 Å². The molecule has 1 heterocycles. The number of rotatable bonds is 5. The average Bonchev–Trinajstić information content (AvgIpc) is 3.13. The molecule has 7 nitrogen and oxygen atoms in total. The second-order valence-electron chi connectivity index (χ2n) is 6.83. The van der Waals surface area contributed by atoms with Crippen molar-refractivity contribution in [3.8, 4) is 11.3 Å². The molecule has 4 rings (SSSR count). The minimum absolute atomic E-state index is 0.0579. The Kier molecular flexibility index (Phi) is 5.25. The van der Waals surface area contributed by atoms with E-state index in [0.717, 1.165) is 12.1 Å². The number of amides is 1. The number of aromatic amines is 1. The van der Waals surface area contributed by atoms with E-state index in [1.165, 1.54) is 18.2 Å². The smallest absolute Gasteiger partial charge is 0.238 e. The van der Waals surface area contributed by atoms with Crippen molar-refractivity contribution in [2.75, 3.05) is 5.32 Å². The van der Waals surface area contributed by atoms with Gasteiger partial charge in [-0.05, 0) is 42.5 Å². The van der Waals surface area contributed by atoms with Gasteiger partial charge in [-0.25, -0.2) is 22.3 Å². The summed E-state index contributed by atoms with van der Waals surface area (Å²) in [6.07, 6.45) is -0.467. The molecule has 0 aliphatic rings. The van der Waals surface area contributed by atoms with E-state index in [-0.39, 0.29) is 10.5 Å². The van der Waals surface area contributed by atoms with Gasteiger partial charge in [0, 0.05) is 22.2 Å². The van der Waals surface area contributed by atoms with Crippen molar-refractivity contribution in [3.63, 3.8) is 0 Å². The van der Waals surface area contributed by atoms with E-state index >= 15 is 0 Å². The number of hydrogen-bond acceptors (Lipinski definition) is 4. The summed E-state index contributed by atoms with van der Waals surface area (Å²) < 4.78 is 50.9. The van der Waals surface area contributed by atoms with Gasteiger partial charge < -0.3 is 5.32 Å². The minimum atomic E-state index is -3.89. The van der Waals surface area contributed by atoms with Gasteiger partial charge in [-0.1, -0.05) is 18.2 Å². The Bertz CT molecular complexity index is 1400. The Morgan fingerprint density at radius 2 is 1.74 bits per heavy atom. The van der Waals surface area contributed by atoms with Gasteiger partial charge in [0.15, 0.2) is 0 Å². The maximum Gasteiger partial charge on any atom is 0.238 e. The van der Waals surface area contributed by atoms with E-state index in [1.54, 1.807) is 30.3 Å². The molecular weight excluding hydrogens is 426 g/mol. The third-order valence-corrected chi connectivity index (χ3v) is 5.59. The van der Waals surface area contributed by atoms with Gasteiger partial charge in [-0.2, -0.15) is 5.10 Å². The molecule has 0 unspecified atom stereocenters. The van der Waals surface area contributed by atoms with Gasteiger partial charge in [0.05, 0.1) is 16.8 Å². The first-order chi connectivity index (χ1) is 14.7. The third-order valence-electron chi connectivity index (χ3n) is 4.68. The van der Waals surface area contributed by atoms with Crippen molar-refractivity contribution in [1.82, 2.24) is 10.2 Å². The van der Waals surface area contributed by atoms with Crippen LogP contribution in [0.3, 0.4) is 0 Å². The number of nitrogens with two attached hydrogens (primary N) is 1. The normalized spacial score (nSPS) is 11.6. The SMILES string of the molecule is NS(=O)(=O)c1cccc(-c2n[nH]c3ccc(NC(=O)Cc4c(F)cccc4F)cc23)c1. The molecule has 3 aromatic carbocycles. The lowest BCUT2D eigenvalue weighted by Gasteiger charge is -2.08. The second kappa shape index (κ2) is 7.89. The number of nitrogens with one attached hydrogen (secondary N) is 2. The van der Waals surface area contributed by atoms with Crippen molar-refractivity contribution in [3.05, 3.63) is 77.9 Å². The molecule has 4 N–H and O–H groups in total. The Balaban J connectivity index is 1.64. The number of fused-ring (bicyclic) bond motifs is 1. The second-order valence-corrected chi connectivity index (χ2v) is 8.39. The number of carbonyl (C=O) groups is 1. The number of carbonyl (C=O) groups excluding carboxylic acids is 1. The van der Waals surface area contributed by atoms with Crippen LogP contribution in [0.1, 0.15) is 5.56 Å². The third kappa shape index (κ3) is 4.30. The molecule has 0 saturated carbocycles. The lowest BCUT2D eigenvalue weighted by Crippen LogP contribution is -2.16. The Morgan fingerprint density at radius 1 is 1.03 bits per heavy atom. The van der Waals surface area contributed by atoms with Crippen LogP contribution in [0, 0.1) is 11.6 Å². The van der Waals surface area contributed by atoms with E-state index in [2.05, 4.69) is 15.5 Å². The summed E-state index contributed by atoms with van der Waals surface area (Å²) in [5.74, 6) is -2.18. The summed E-state index contributed by atoms with van der Waals surface area (Å²) in [6.45, 7) is 0. The molecule has 10 heteroatoms. The van der Waals surface area contributed by atoms with E-state index in [9.17, 15) is 22.0 Å². The first-order valence-corrected chi connectivity index (χ1v) is 10.6. The predicted octanol–water partition coefficient (Wildman–Crippen LogP) is 3.34. The number of halogens is 2. The number of primary sulfonamides is 1. The van der Waals surface area contributed by atoms with Gasteiger partial charge >= 0.3 is 0 Å². The average molecular weight is 442 g/mol. The fraction of sp³-hybridized carbons (Fsp3) is 0.0476. The van der Waals surface area contributed by atoms with Crippen LogP contribution in [0.25, 0.3) is 22.2 Å². The summed E-state index contributed by atoms with van der Waals surface area (Å²) >= 11 is 0. The van der Waals surface area contributed by atoms with E-state index in [0.29, 0.717) is 27.8 Å². The quantitative estimate of drug-likeness (QED) is 0.439. The molecule has 1 amide bonds. The van der Waals surface area contributed by atoms with Crippen molar-refractivity contribution in [2.24, 2.45) is 5.14 Å². The lowest BCUT2D eigenvalue weighted by molar-refractivity contribution is -0.115. The molecule has 0 aliphatic heterocycles. The van der Waals surface area contributed by atoms with E-state index in [1.807, 2.05) is 0 Å². The molecule has 0 atom stereocenters. The maximum absolute atomic E-state index is 13.8. The molecular formula is C21H16F2N4O3S. The Labute approximate surface area is 175 Å². The van der Waals surface area contributed by atoms with Crippen molar-refractivity contribution in [2.45, 2.75) is 11.3 Å². The highest BCUT2D eigenvalue weighted by Crippen LogP contribution is 2.29. The highest BCUT2D eigenvalue weighted by atomic mass is 32.2. The molecule has 158 valence electrons. The molecule has 0 saturated heterocycles. The number of nitrogens with zero attached hydrogens (tertiary/aromatic N) is 1. The molecule has 0 fully saturated rings. The van der Waals surface area contributed by atoms with Crippen LogP contribution >= 0.6 is 0 Å². The number of benzene rings is 3. The van der Waals surface area contributed by atoms with Gasteiger partial charge in [-0.3, -0.25) is 9.89 Å². The molecule has 0 spiro atoms. The number of sulfonamides is 1. The standard InChI is InChI=1S/C21H16F2N4O3S/c22-17-5-2-6-18(23)15(17)11-20(28)25-13-7-8-19-16(10-13)21(27-26-19)12-3-1-4-14(9-12)31(24,29)30/h1-10H,11H2,(H,25,28)(H,26,27)(H2,24,29,30). The van der Waals surface area contributed by atoms with Crippen LogP contribution in [0.2, 0.25) is 0 Å². The van der Waals surface area contributed by atoms with Crippen molar-refractivity contribution in [1.29, 1.82) is 0 Å². The number of aromatic nitrogens is 2. The van der Waals surface area contributed by atoms with Gasteiger partial charge in [0.25, 0.3) is 0 Å². The Morgan fingerprint density at radius 3 is 2.45 bits per heavy atom. The van der Waals surface area contributed by atoms with Crippen molar-refractivity contribution >= 4 is 32.5 Å². The summed E-state index contributed by atoms with van der Waals surface area (Å²) in [6, 6.07) is 14.3. The molecule has 4 aromatic rings. The number of hydrogen-bond donors (Lipinski definition) is 3. The highest BCUT2D eigenvalue weighted by Gasteiger charge is 2.16. The predicted molar refractivity (Wildman–Crippen MR) is 112 cm³/mol. The fourth-order valence-corrected chi connectivity index (χ4v) is 3.76. The number of anilines is 1. The first-order valence-electron chi connectivity index (χ1n) is 9.06. The fourth-order valence-electron chi connectivity index (χ4n) is 3.20. The first kappa shape index (κ1) is 20.6. The summed E-state index contributed by atoms with van der Waals surface area (Å²) in [4.78, 5) is 12.3. The van der Waals surface area contributed by atoms with Crippen LogP contribution < -0.4 is 10.5 Å². The van der Waals surface area contributed by atoms with Crippen molar-refractivity contribution < 1.29 is 22.0 Å². The topological polar surface area (TPSA) is 118 Å². The van der Waals surface area contributed by atoms with Crippen LogP contribution in [-0.4, -0.2) is 24.5 Å². The monoisotopic (exact) mass is 442 g/mol. The highest BCUT2D eigenvalue weighted by molar-refractivity contribution is 7.89. The van der Waals surface area contributed by atoms with Crippen LogP contribution in [-0.2, 0) is 21.2 Å². The zero-order chi connectivity index (χ0) is 22.2. The Hall–Kier alpha value is -3.63. The van der Waals surface area contributed by atoms with Gasteiger partial charge in [0.2, 0.25) is 15.9 Å². The minimum Gasteiger partial charge on any atom is -0.326 e. The van der Waals surface area contributed by atoms with Gasteiger partial charge in [0.1, 0.15) is 17.3 Å². The zero-order valence-electron chi connectivity index (χ0n) is 15.9. The maximum atomic E-state index is 13.8. The van der Waals surface area contributed by atoms with Crippen LogP contribution in [0.15, 0.2) is 65.6 Å². The zero-order valence-corrected chi connectivity index (χ0v) is 16.7. The molecule has 0 radical (unpaired) electrons. The summed E-state index contributed by atoms with van der Waals surface area (Å²) in [7, 11) is -3.89. The largest absolute Gasteiger partial charge is 0.326 e. The molecule has 31 heavy (non-hydrogen) atoms. The van der Waals surface area contributed by atoms with E-state index < -0.39 is 34.0 Å². The summed E-state index contributed by atoms with van der Waals surface area (Å²) in [5, 5.41) is 15.5. The molecule has 1 aromatic heterocycles. The van der Waals surface area contributed by atoms with Gasteiger partial charge in [-0.15, -0.1) is 0 Å². The number of H-pyrrole nitrogens is 1. The lowest BCUT2D eigenvalue weighted by atomic mass is 10.1. The molecule has 0 aliphatic carbocycles.